The molecule has 0 aliphatic carbocycles. The molecule has 0 aliphatic heterocycles. The van der Waals surface area contributed by atoms with Crippen molar-refractivity contribution in [3.05, 3.63) is 41.4 Å². The predicted molar refractivity (Wildman–Crippen MR) is 71.5 cm³/mol. The summed E-state index contributed by atoms with van der Waals surface area (Å²) in [6, 6.07) is 7.90. The minimum Gasteiger partial charge on any atom is -0.268 e. The summed E-state index contributed by atoms with van der Waals surface area (Å²) in [6.45, 7) is 2.00. The highest BCUT2D eigenvalue weighted by Crippen LogP contribution is 2.25. The third kappa shape index (κ3) is 1.75. The largest absolute Gasteiger partial charge is 0.268 e. The van der Waals surface area contributed by atoms with E-state index in [4.69, 9.17) is 11.6 Å². The Morgan fingerprint density at radius 3 is 2.78 bits per heavy atom. The molecule has 0 radical (unpaired) electrons. The molecule has 0 N–H and O–H groups in total. The van der Waals surface area contributed by atoms with Crippen molar-refractivity contribution in [2.75, 3.05) is 0 Å². The number of fused-ring (bicyclic) bond motifs is 1. The number of nitrogens with zero attached hydrogens (tertiary/aromatic N) is 4. The van der Waals surface area contributed by atoms with Crippen molar-refractivity contribution in [2.45, 2.75) is 6.92 Å². The van der Waals surface area contributed by atoms with Gasteiger partial charge in [0, 0.05) is 24.1 Å². The molecule has 0 unspecified atom stereocenters. The van der Waals surface area contributed by atoms with Gasteiger partial charge in [-0.1, -0.05) is 23.7 Å². The first-order valence-electron chi connectivity index (χ1n) is 5.56. The SMILES string of the molecule is Cc1nn(C)c2cc(-c3cc(Cl)ncn3)ccc12. The van der Waals surface area contributed by atoms with Crippen LogP contribution in [0.3, 0.4) is 0 Å². The van der Waals surface area contributed by atoms with Crippen LogP contribution in [-0.2, 0) is 7.05 Å². The van der Waals surface area contributed by atoms with Crippen LogP contribution in [0, 0.1) is 6.92 Å². The van der Waals surface area contributed by atoms with E-state index in [2.05, 4.69) is 27.2 Å². The highest BCUT2D eigenvalue weighted by Gasteiger charge is 2.07. The van der Waals surface area contributed by atoms with Crippen molar-refractivity contribution in [1.82, 2.24) is 19.7 Å². The van der Waals surface area contributed by atoms with Gasteiger partial charge in [0.2, 0.25) is 0 Å². The Morgan fingerprint density at radius 2 is 2.00 bits per heavy atom. The Balaban J connectivity index is 2.22. The van der Waals surface area contributed by atoms with E-state index < -0.39 is 0 Å². The monoisotopic (exact) mass is 258 g/mol. The Labute approximate surface area is 109 Å². The highest BCUT2D eigenvalue weighted by atomic mass is 35.5. The number of aryl methyl sites for hydroxylation is 2. The first-order chi connectivity index (χ1) is 8.65. The van der Waals surface area contributed by atoms with Crippen LogP contribution in [0.4, 0.5) is 0 Å². The molecule has 2 heterocycles. The molecule has 3 rings (SSSR count). The number of hydrogen-bond acceptors (Lipinski definition) is 3. The molecule has 0 saturated heterocycles. The summed E-state index contributed by atoms with van der Waals surface area (Å²) in [4.78, 5) is 8.11. The first-order valence-corrected chi connectivity index (χ1v) is 5.94. The molecule has 1 aromatic carbocycles. The molecule has 90 valence electrons. The molecule has 4 nitrogen and oxygen atoms in total. The summed E-state index contributed by atoms with van der Waals surface area (Å²) >= 11 is 5.88. The Morgan fingerprint density at radius 1 is 1.17 bits per heavy atom. The second-order valence-corrected chi connectivity index (χ2v) is 4.55. The second-order valence-electron chi connectivity index (χ2n) is 4.17. The summed E-state index contributed by atoms with van der Waals surface area (Å²) in [5.74, 6) is 0. The molecule has 18 heavy (non-hydrogen) atoms. The summed E-state index contributed by atoms with van der Waals surface area (Å²) in [7, 11) is 1.94. The lowest BCUT2D eigenvalue weighted by molar-refractivity contribution is 0.783. The zero-order valence-electron chi connectivity index (χ0n) is 10.1. The van der Waals surface area contributed by atoms with Gasteiger partial charge in [0.05, 0.1) is 16.9 Å². The lowest BCUT2D eigenvalue weighted by Gasteiger charge is -2.02. The van der Waals surface area contributed by atoms with Crippen molar-refractivity contribution in [3.8, 4) is 11.3 Å². The maximum Gasteiger partial charge on any atom is 0.133 e. The van der Waals surface area contributed by atoms with Crippen molar-refractivity contribution in [1.29, 1.82) is 0 Å². The van der Waals surface area contributed by atoms with Crippen LogP contribution in [0.5, 0.6) is 0 Å². The molecule has 0 saturated carbocycles. The molecule has 0 atom stereocenters. The van der Waals surface area contributed by atoms with Gasteiger partial charge >= 0.3 is 0 Å². The topological polar surface area (TPSA) is 43.6 Å². The molecule has 5 heteroatoms. The molecule has 2 aromatic heterocycles. The van der Waals surface area contributed by atoms with Gasteiger partial charge in [-0.2, -0.15) is 5.10 Å². The Bertz CT molecular complexity index is 733. The third-order valence-corrected chi connectivity index (χ3v) is 3.17. The first kappa shape index (κ1) is 11.2. The van der Waals surface area contributed by atoms with E-state index in [0.29, 0.717) is 5.15 Å². The van der Waals surface area contributed by atoms with Crippen molar-refractivity contribution in [2.24, 2.45) is 7.05 Å². The van der Waals surface area contributed by atoms with Crippen LogP contribution in [0.15, 0.2) is 30.6 Å². The zero-order chi connectivity index (χ0) is 12.7. The van der Waals surface area contributed by atoms with Gasteiger partial charge in [-0.3, -0.25) is 4.68 Å². The fourth-order valence-corrected chi connectivity index (χ4v) is 2.24. The molecule has 0 aliphatic rings. The van der Waals surface area contributed by atoms with Gasteiger partial charge in [-0.25, -0.2) is 9.97 Å². The number of aromatic nitrogens is 4. The van der Waals surface area contributed by atoms with Crippen molar-refractivity contribution < 1.29 is 0 Å². The number of hydrogen-bond donors (Lipinski definition) is 0. The maximum absolute atomic E-state index is 5.88. The Kier molecular flexibility index (Phi) is 2.52. The molecule has 0 bridgehead atoms. The molecular weight excluding hydrogens is 248 g/mol. The predicted octanol–water partition coefficient (Wildman–Crippen LogP) is 2.99. The van der Waals surface area contributed by atoms with Gasteiger partial charge in [0.1, 0.15) is 11.5 Å². The van der Waals surface area contributed by atoms with E-state index in [9.17, 15) is 0 Å². The smallest absolute Gasteiger partial charge is 0.133 e. The van der Waals surface area contributed by atoms with Gasteiger partial charge in [0.15, 0.2) is 0 Å². The standard InChI is InChI=1S/C13H11ClN4/c1-8-10-4-3-9(5-12(10)18(2)17-8)11-6-13(14)16-7-15-11/h3-7H,1-2H3. The van der Waals surface area contributed by atoms with Crippen LogP contribution in [0.1, 0.15) is 5.69 Å². The quantitative estimate of drug-likeness (QED) is 0.630. The summed E-state index contributed by atoms with van der Waals surface area (Å²) in [6.07, 6.45) is 1.47. The lowest BCUT2D eigenvalue weighted by atomic mass is 10.1. The van der Waals surface area contributed by atoms with E-state index in [1.807, 2.05) is 24.7 Å². The number of halogens is 1. The van der Waals surface area contributed by atoms with Crippen LogP contribution >= 0.6 is 11.6 Å². The average molecular weight is 259 g/mol. The lowest BCUT2D eigenvalue weighted by Crippen LogP contribution is -1.90. The van der Waals surface area contributed by atoms with E-state index in [0.717, 1.165) is 27.9 Å². The molecule has 0 spiro atoms. The van der Waals surface area contributed by atoms with Gasteiger partial charge in [-0.15, -0.1) is 0 Å². The third-order valence-electron chi connectivity index (χ3n) is 2.97. The van der Waals surface area contributed by atoms with E-state index >= 15 is 0 Å². The van der Waals surface area contributed by atoms with E-state index in [1.165, 1.54) is 6.33 Å². The number of benzene rings is 1. The minimum atomic E-state index is 0.446. The fraction of sp³-hybridized carbons (Fsp3) is 0.154. The zero-order valence-corrected chi connectivity index (χ0v) is 10.8. The van der Waals surface area contributed by atoms with E-state index in [-0.39, 0.29) is 0 Å². The maximum atomic E-state index is 5.88. The molecule has 0 fully saturated rings. The summed E-state index contributed by atoms with van der Waals surface area (Å²) in [5, 5.41) is 6.00. The van der Waals surface area contributed by atoms with Crippen LogP contribution in [-0.4, -0.2) is 19.7 Å². The highest BCUT2D eigenvalue weighted by molar-refractivity contribution is 6.29. The van der Waals surface area contributed by atoms with Crippen LogP contribution < -0.4 is 0 Å². The molecule has 0 amide bonds. The minimum absolute atomic E-state index is 0.446. The average Bonchev–Trinajstić information content (AvgIpc) is 2.65. The molecule has 3 aromatic rings. The molecular formula is C13H11ClN4. The summed E-state index contributed by atoms with van der Waals surface area (Å²) in [5.41, 5.74) is 3.94. The van der Waals surface area contributed by atoms with Gasteiger partial charge in [-0.05, 0) is 13.0 Å². The van der Waals surface area contributed by atoms with Gasteiger partial charge < -0.3 is 0 Å². The fourth-order valence-electron chi connectivity index (χ4n) is 2.09. The Hall–Kier alpha value is -1.94. The number of rotatable bonds is 1. The second kappa shape index (κ2) is 4.07. The summed E-state index contributed by atoms with van der Waals surface area (Å²) < 4.78 is 1.87. The van der Waals surface area contributed by atoms with Crippen LogP contribution in [0.2, 0.25) is 5.15 Å². The normalized spacial score (nSPS) is 11.1. The van der Waals surface area contributed by atoms with Crippen molar-refractivity contribution in [3.63, 3.8) is 0 Å². The van der Waals surface area contributed by atoms with Crippen LogP contribution in [0.25, 0.3) is 22.2 Å². The van der Waals surface area contributed by atoms with Gasteiger partial charge in [0.25, 0.3) is 0 Å². The van der Waals surface area contributed by atoms with E-state index in [1.54, 1.807) is 6.07 Å². The van der Waals surface area contributed by atoms with Crippen molar-refractivity contribution >= 4 is 22.5 Å².